The minimum atomic E-state index is -0.273. The van der Waals surface area contributed by atoms with E-state index < -0.39 is 0 Å². The molecular weight excluding hydrogens is 204 g/mol. The molecule has 0 spiro atoms. The van der Waals surface area contributed by atoms with Gasteiger partial charge >= 0.3 is 5.97 Å². The van der Waals surface area contributed by atoms with Crippen molar-refractivity contribution in [3.05, 3.63) is 0 Å². The van der Waals surface area contributed by atoms with Crippen LogP contribution in [0.5, 0.6) is 0 Å². The van der Waals surface area contributed by atoms with Gasteiger partial charge < -0.3 is 4.74 Å². The Kier molecular flexibility index (Phi) is 5.28. The normalized spacial score (nSPS) is 12.8. The second-order valence-electron chi connectivity index (χ2n) is 1.62. The molecule has 54 valence electrons. The number of thiol groups is 1. The number of carbonyl (C=O) groups excluding carboxylic acids is 1. The minimum Gasteiger partial charge on any atom is -0.464 e. The summed E-state index contributed by atoms with van der Waals surface area (Å²) in [7, 11) is 0. The summed E-state index contributed by atoms with van der Waals surface area (Å²) in [5.74, 6) is -0.121. The molecule has 0 aliphatic heterocycles. The fourth-order valence-corrected chi connectivity index (χ4v) is 0.477. The lowest BCUT2D eigenvalue weighted by atomic mass is 10.5. The maximum absolute atomic E-state index is 10.4. The van der Waals surface area contributed by atoms with Crippen LogP contribution >= 0.6 is 28.6 Å². The highest BCUT2D eigenvalue weighted by Gasteiger charge is 2.00. The molecule has 9 heavy (non-hydrogen) atoms. The summed E-state index contributed by atoms with van der Waals surface area (Å²) in [5, 5.41) is 0. The number of alkyl halides is 1. The Labute approximate surface area is 68.5 Å². The maximum Gasteiger partial charge on any atom is 0.315 e. The van der Waals surface area contributed by atoms with Crippen molar-refractivity contribution in [2.24, 2.45) is 0 Å². The zero-order valence-electron chi connectivity index (χ0n) is 5.13. The highest BCUT2D eigenvalue weighted by Crippen LogP contribution is 1.97. The van der Waals surface area contributed by atoms with Gasteiger partial charge in [-0.05, 0) is 6.92 Å². The number of hydrogen-bond acceptors (Lipinski definition) is 3. The molecule has 0 N–H and O–H groups in total. The summed E-state index contributed by atoms with van der Waals surface area (Å²) in [4.78, 5) is 10.6. The van der Waals surface area contributed by atoms with Crippen molar-refractivity contribution < 1.29 is 9.53 Å². The first-order valence-electron chi connectivity index (χ1n) is 2.57. The molecular formula is C5H9BrO2S. The number of carbonyl (C=O) groups is 1. The fourth-order valence-electron chi connectivity index (χ4n) is 0.253. The Balaban J connectivity index is 3.17. The van der Waals surface area contributed by atoms with E-state index in [4.69, 9.17) is 4.74 Å². The molecule has 0 radical (unpaired) electrons. The molecule has 4 heteroatoms. The molecule has 0 saturated carbocycles. The summed E-state index contributed by atoms with van der Waals surface area (Å²) in [6.07, 6.45) is 0. The van der Waals surface area contributed by atoms with Crippen molar-refractivity contribution in [2.75, 3.05) is 12.4 Å². The molecule has 0 aromatic rings. The number of halogens is 1. The molecule has 0 saturated heterocycles. The van der Waals surface area contributed by atoms with E-state index in [0.717, 1.165) is 0 Å². The van der Waals surface area contributed by atoms with Crippen LogP contribution in [0.25, 0.3) is 0 Å². The van der Waals surface area contributed by atoms with Crippen LogP contribution < -0.4 is 0 Å². The first kappa shape index (κ1) is 9.30. The number of ether oxygens (including phenoxy) is 1. The van der Waals surface area contributed by atoms with Gasteiger partial charge in [-0.2, -0.15) is 12.6 Å². The largest absolute Gasteiger partial charge is 0.464 e. The first-order chi connectivity index (χ1) is 4.16. The topological polar surface area (TPSA) is 26.3 Å². The smallest absolute Gasteiger partial charge is 0.315 e. The molecule has 0 heterocycles. The molecule has 1 atom stereocenters. The zero-order chi connectivity index (χ0) is 7.28. The molecule has 0 amide bonds. The first-order valence-corrected chi connectivity index (χ1v) is 4.12. The number of esters is 1. The van der Waals surface area contributed by atoms with Gasteiger partial charge in [-0.1, -0.05) is 15.9 Å². The molecule has 2 nitrogen and oxygen atoms in total. The van der Waals surface area contributed by atoms with Crippen molar-refractivity contribution in [1.82, 2.24) is 0 Å². The lowest BCUT2D eigenvalue weighted by Gasteiger charge is -2.02. The van der Waals surface area contributed by atoms with Gasteiger partial charge in [-0.3, -0.25) is 4.79 Å². The van der Waals surface area contributed by atoms with Gasteiger partial charge in [0.05, 0.1) is 5.75 Å². The quantitative estimate of drug-likeness (QED) is 0.433. The molecule has 0 rings (SSSR count). The van der Waals surface area contributed by atoms with E-state index in [-0.39, 0.29) is 16.5 Å². The van der Waals surface area contributed by atoms with Crippen molar-refractivity contribution >= 4 is 34.5 Å². The van der Waals surface area contributed by atoms with E-state index in [9.17, 15) is 4.79 Å². The van der Waals surface area contributed by atoms with Crippen molar-refractivity contribution in [1.29, 1.82) is 0 Å². The highest BCUT2D eigenvalue weighted by molar-refractivity contribution is 9.09. The fraction of sp³-hybridized carbons (Fsp3) is 0.800. The minimum absolute atomic E-state index is 0.152. The third kappa shape index (κ3) is 6.18. The van der Waals surface area contributed by atoms with Crippen molar-refractivity contribution in [3.8, 4) is 0 Å². The number of hydrogen-bond donors (Lipinski definition) is 1. The predicted molar refractivity (Wildman–Crippen MR) is 43.2 cm³/mol. The molecule has 1 unspecified atom stereocenters. The lowest BCUT2D eigenvalue weighted by molar-refractivity contribution is -0.140. The molecule has 0 aromatic heterocycles. The Hall–Kier alpha value is 0.300. The van der Waals surface area contributed by atoms with Crippen molar-refractivity contribution in [3.63, 3.8) is 0 Å². The molecule has 0 aliphatic rings. The predicted octanol–water partition coefficient (Wildman–Crippen LogP) is 1.24. The average molecular weight is 213 g/mol. The third-order valence-corrected chi connectivity index (χ3v) is 1.13. The van der Waals surface area contributed by atoms with Crippen LogP contribution in [0.3, 0.4) is 0 Å². The molecule has 0 fully saturated rings. The second-order valence-corrected chi connectivity index (χ2v) is 3.50. The Morgan fingerprint density at radius 3 is 2.78 bits per heavy atom. The Morgan fingerprint density at radius 2 is 2.44 bits per heavy atom. The molecule has 0 aromatic carbocycles. The van der Waals surface area contributed by atoms with Crippen LogP contribution in [-0.4, -0.2) is 23.2 Å². The summed E-state index contributed by atoms with van der Waals surface area (Å²) in [5.41, 5.74) is 0. The standard InChI is InChI=1S/C5H9BrO2S/c1-4(6)2-8-5(7)3-9/h4,9H,2-3H2,1H3. The van der Waals surface area contributed by atoms with Gasteiger partial charge in [0.25, 0.3) is 0 Å². The van der Waals surface area contributed by atoms with Crippen LogP contribution in [0.4, 0.5) is 0 Å². The molecule has 0 bridgehead atoms. The van der Waals surface area contributed by atoms with E-state index in [1.807, 2.05) is 6.92 Å². The third-order valence-electron chi connectivity index (χ3n) is 0.603. The van der Waals surface area contributed by atoms with Crippen LogP contribution in [0.15, 0.2) is 0 Å². The monoisotopic (exact) mass is 212 g/mol. The second kappa shape index (κ2) is 5.11. The van der Waals surface area contributed by atoms with Gasteiger partial charge in [-0.25, -0.2) is 0 Å². The van der Waals surface area contributed by atoms with Gasteiger partial charge in [0, 0.05) is 4.83 Å². The van der Waals surface area contributed by atoms with Crippen LogP contribution in [-0.2, 0) is 9.53 Å². The summed E-state index contributed by atoms with van der Waals surface area (Å²) < 4.78 is 4.69. The highest BCUT2D eigenvalue weighted by atomic mass is 79.9. The lowest BCUT2D eigenvalue weighted by Crippen LogP contribution is -2.11. The van der Waals surface area contributed by atoms with E-state index in [2.05, 4.69) is 28.6 Å². The zero-order valence-corrected chi connectivity index (χ0v) is 7.61. The van der Waals surface area contributed by atoms with Crippen LogP contribution in [0.1, 0.15) is 6.92 Å². The SMILES string of the molecule is CC(Br)COC(=O)CS. The number of rotatable bonds is 3. The molecule has 0 aliphatic carbocycles. The van der Waals surface area contributed by atoms with E-state index in [1.165, 1.54) is 0 Å². The summed E-state index contributed by atoms with van der Waals surface area (Å²) in [6.45, 7) is 2.32. The summed E-state index contributed by atoms with van der Waals surface area (Å²) >= 11 is 6.96. The van der Waals surface area contributed by atoms with Crippen LogP contribution in [0, 0.1) is 0 Å². The van der Waals surface area contributed by atoms with E-state index in [1.54, 1.807) is 0 Å². The van der Waals surface area contributed by atoms with Gasteiger partial charge in [0.2, 0.25) is 0 Å². The van der Waals surface area contributed by atoms with E-state index in [0.29, 0.717) is 6.61 Å². The Bertz CT molecular complexity index is 95.0. The maximum atomic E-state index is 10.4. The van der Waals surface area contributed by atoms with Crippen LogP contribution in [0.2, 0.25) is 0 Å². The average Bonchev–Trinajstić information content (AvgIpc) is 1.83. The Morgan fingerprint density at radius 1 is 1.89 bits per heavy atom. The van der Waals surface area contributed by atoms with Crippen molar-refractivity contribution in [2.45, 2.75) is 11.8 Å². The van der Waals surface area contributed by atoms with Gasteiger partial charge in [0.15, 0.2) is 0 Å². The van der Waals surface area contributed by atoms with E-state index >= 15 is 0 Å². The van der Waals surface area contributed by atoms with Gasteiger partial charge in [-0.15, -0.1) is 0 Å². The summed E-state index contributed by atoms with van der Waals surface area (Å²) in [6, 6.07) is 0. The van der Waals surface area contributed by atoms with Gasteiger partial charge in [0.1, 0.15) is 6.61 Å².